The number of hydrogen-bond donors (Lipinski definition) is 0. The van der Waals surface area contributed by atoms with Crippen molar-refractivity contribution in [1.29, 1.82) is 0 Å². The van der Waals surface area contributed by atoms with Gasteiger partial charge in [0.1, 0.15) is 5.82 Å². The molecule has 0 fully saturated rings. The van der Waals surface area contributed by atoms with E-state index in [9.17, 15) is 9.18 Å². The number of halogens is 3. The third kappa shape index (κ3) is 2.56. The summed E-state index contributed by atoms with van der Waals surface area (Å²) in [6.45, 7) is 0. The van der Waals surface area contributed by atoms with E-state index in [1.165, 1.54) is 12.1 Å². The first-order valence-corrected chi connectivity index (χ1v) is 6.01. The van der Waals surface area contributed by atoms with Crippen LogP contribution in [0.2, 0.25) is 5.02 Å². The lowest BCUT2D eigenvalue weighted by molar-refractivity contribution is 0.103. The molecular formula is C13H7BrClFO. The van der Waals surface area contributed by atoms with Crippen LogP contribution in [-0.2, 0) is 0 Å². The quantitative estimate of drug-likeness (QED) is 0.748. The summed E-state index contributed by atoms with van der Waals surface area (Å²) in [6.07, 6.45) is 0. The second-order valence-corrected chi connectivity index (χ2v) is 4.72. The summed E-state index contributed by atoms with van der Waals surface area (Å²) in [4.78, 5) is 12.1. The topological polar surface area (TPSA) is 17.1 Å². The third-order valence-corrected chi connectivity index (χ3v) is 3.19. The summed E-state index contributed by atoms with van der Waals surface area (Å²) in [6, 6.07) is 10.7. The molecular weight excluding hydrogens is 306 g/mol. The number of hydrogen-bond acceptors (Lipinski definition) is 1. The molecule has 0 unspecified atom stereocenters. The molecule has 2 aromatic carbocycles. The van der Waals surface area contributed by atoms with Gasteiger partial charge in [-0.3, -0.25) is 4.79 Å². The molecule has 0 N–H and O–H groups in total. The molecule has 86 valence electrons. The van der Waals surface area contributed by atoms with Crippen molar-refractivity contribution in [2.24, 2.45) is 0 Å². The van der Waals surface area contributed by atoms with Gasteiger partial charge in [0.2, 0.25) is 0 Å². The Hall–Kier alpha value is -1.19. The molecule has 2 aromatic rings. The van der Waals surface area contributed by atoms with Crippen LogP contribution in [0.4, 0.5) is 4.39 Å². The average Bonchev–Trinajstić information content (AvgIpc) is 2.29. The van der Waals surface area contributed by atoms with Crippen LogP contribution in [0.3, 0.4) is 0 Å². The van der Waals surface area contributed by atoms with Crippen LogP contribution in [0.1, 0.15) is 15.9 Å². The van der Waals surface area contributed by atoms with E-state index in [1.54, 1.807) is 30.3 Å². The van der Waals surface area contributed by atoms with Gasteiger partial charge >= 0.3 is 0 Å². The van der Waals surface area contributed by atoms with E-state index in [2.05, 4.69) is 15.9 Å². The zero-order chi connectivity index (χ0) is 12.4. The van der Waals surface area contributed by atoms with Gasteiger partial charge in [0.05, 0.1) is 5.56 Å². The highest BCUT2D eigenvalue weighted by Gasteiger charge is 2.15. The fraction of sp³-hybridized carbons (Fsp3) is 0. The maximum atomic E-state index is 13.5. The first kappa shape index (κ1) is 12.3. The molecule has 0 aliphatic heterocycles. The summed E-state index contributed by atoms with van der Waals surface area (Å²) in [7, 11) is 0. The predicted molar refractivity (Wildman–Crippen MR) is 69.0 cm³/mol. The van der Waals surface area contributed by atoms with Crippen LogP contribution < -0.4 is 0 Å². The van der Waals surface area contributed by atoms with Gasteiger partial charge in [-0.25, -0.2) is 4.39 Å². The smallest absolute Gasteiger partial charge is 0.197 e. The number of ketones is 1. The monoisotopic (exact) mass is 312 g/mol. The van der Waals surface area contributed by atoms with Crippen molar-refractivity contribution in [2.45, 2.75) is 0 Å². The Morgan fingerprint density at radius 1 is 1.12 bits per heavy atom. The molecule has 2 rings (SSSR count). The van der Waals surface area contributed by atoms with Crippen molar-refractivity contribution in [1.82, 2.24) is 0 Å². The molecule has 0 atom stereocenters. The maximum Gasteiger partial charge on any atom is 0.197 e. The van der Waals surface area contributed by atoms with E-state index < -0.39 is 5.82 Å². The van der Waals surface area contributed by atoms with Crippen molar-refractivity contribution < 1.29 is 9.18 Å². The van der Waals surface area contributed by atoms with E-state index in [-0.39, 0.29) is 11.3 Å². The highest BCUT2D eigenvalue weighted by atomic mass is 79.9. The first-order chi connectivity index (χ1) is 8.09. The Morgan fingerprint density at radius 2 is 1.82 bits per heavy atom. The van der Waals surface area contributed by atoms with Crippen molar-refractivity contribution in [3.8, 4) is 0 Å². The molecule has 17 heavy (non-hydrogen) atoms. The van der Waals surface area contributed by atoms with Gasteiger partial charge < -0.3 is 0 Å². The highest BCUT2D eigenvalue weighted by molar-refractivity contribution is 9.10. The third-order valence-electron chi connectivity index (χ3n) is 2.29. The summed E-state index contributed by atoms with van der Waals surface area (Å²) >= 11 is 9.03. The van der Waals surface area contributed by atoms with Crippen molar-refractivity contribution >= 4 is 33.3 Å². The molecule has 0 bridgehead atoms. The van der Waals surface area contributed by atoms with Crippen LogP contribution in [0.15, 0.2) is 46.9 Å². The van der Waals surface area contributed by atoms with Crippen molar-refractivity contribution in [3.05, 3.63) is 68.9 Å². The highest BCUT2D eigenvalue weighted by Crippen LogP contribution is 2.24. The number of rotatable bonds is 2. The molecule has 0 saturated heterocycles. The molecule has 0 radical (unpaired) electrons. The predicted octanol–water partition coefficient (Wildman–Crippen LogP) is 4.47. The largest absolute Gasteiger partial charge is 0.288 e. The molecule has 0 heterocycles. The molecule has 4 heteroatoms. The Labute approximate surface area is 111 Å². The van der Waals surface area contributed by atoms with Crippen LogP contribution in [0, 0.1) is 5.82 Å². The van der Waals surface area contributed by atoms with E-state index in [0.29, 0.717) is 15.1 Å². The molecule has 1 nitrogen and oxygen atoms in total. The van der Waals surface area contributed by atoms with Gasteiger partial charge in [0.25, 0.3) is 0 Å². The minimum atomic E-state index is -0.528. The van der Waals surface area contributed by atoms with Gasteiger partial charge in [-0.05, 0) is 46.3 Å². The maximum absolute atomic E-state index is 13.5. The SMILES string of the molecule is O=C(c1ccccc1F)c1ccc(Cl)cc1Br. The van der Waals surface area contributed by atoms with Crippen LogP contribution in [0.5, 0.6) is 0 Å². The zero-order valence-electron chi connectivity index (χ0n) is 8.58. The Balaban J connectivity index is 2.48. The summed E-state index contributed by atoms with van der Waals surface area (Å²) in [5.74, 6) is -0.897. The molecule has 0 spiro atoms. The van der Waals surface area contributed by atoms with E-state index >= 15 is 0 Å². The van der Waals surface area contributed by atoms with Crippen molar-refractivity contribution in [3.63, 3.8) is 0 Å². The van der Waals surface area contributed by atoms with Crippen LogP contribution >= 0.6 is 27.5 Å². The van der Waals surface area contributed by atoms with E-state index in [0.717, 1.165) is 0 Å². The Bertz CT molecular complexity index is 583. The van der Waals surface area contributed by atoms with Gasteiger partial charge in [0, 0.05) is 15.1 Å². The summed E-state index contributed by atoms with van der Waals surface area (Å²) < 4.78 is 14.0. The second-order valence-electron chi connectivity index (χ2n) is 3.43. The minimum Gasteiger partial charge on any atom is -0.288 e. The lowest BCUT2D eigenvalue weighted by Gasteiger charge is -2.05. The number of benzene rings is 2. The van der Waals surface area contributed by atoms with Crippen LogP contribution in [-0.4, -0.2) is 5.78 Å². The molecule has 0 aromatic heterocycles. The zero-order valence-corrected chi connectivity index (χ0v) is 10.9. The molecule has 0 aliphatic carbocycles. The minimum absolute atomic E-state index is 0.0514. The fourth-order valence-electron chi connectivity index (χ4n) is 1.46. The number of carbonyl (C=O) groups excluding carboxylic acids is 1. The lowest BCUT2D eigenvalue weighted by atomic mass is 10.0. The second kappa shape index (κ2) is 4.98. The Kier molecular flexibility index (Phi) is 3.60. The first-order valence-electron chi connectivity index (χ1n) is 4.84. The van der Waals surface area contributed by atoms with Crippen LogP contribution in [0.25, 0.3) is 0 Å². The Morgan fingerprint density at radius 3 is 2.47 bits per heavy atom. The van der Waals surface area contributed by atoms with E-state index in [4.69, 9.17) is 11.6 Å². The van der Waals surface area contributed by atoms with Gasteiger partial charge in [-0.2, -0.15) is 0 Å². The normalized spacial score (nSPS) is 10.3. The molecule has 0 aliphatic rings. The average molecular weight is 314 g/mol. The molecule has 0 saturated carbocycles. The standard InChI is InChI=1S/C13H7BrClFO/c14-11-7-8(15)5-6-9(11)13(17)10-3-1-2-4-12(10)16/h1-7H. The van der Waals surface area contributed by atoms with Gasteiger partial charge in [-0.1, -0.05) is 23.7 Å². The summed E-state index contributed by atoms with van der Waals surface area (Å²) in [5.41, 5.74) is 0.440. The van der Waals surface area contributed by atoms with Gasteiger partial charge in [-0.15, -0.1) is 0 Å². The van der Waals surface area contributed by atoms with E-state index in [1.807, 2.05) is 0 Å². The number of carbonyl (C=O) groups is 1. The fourth-order valence-corrected chi connectivity index (χ4v) is 2.33. The molecule has 0 amide bonds. The van der Waals surface area contributed by atoms with Crippen molar-refractivity contribution in [2.75, 3.05) is 0 Å². The lowest BCUT2D eigenvalue weighted by Crippen LogP contribution is -2.04. The van der Waals surface area contributed by atoms with Gasteiger partial charge in [0.15, 0.2) is 5.78 Å². The summed E-state index contributed by atoms with van der Waals surface area (Å²) in [5, 5.41) is 0.516.